The van der Waals surface area contributed by atoms with Crippen molar-refractivity contribution >= 4 is 23.1 Å². The highest BCUT2D eigenvalue weighted by Gasteiger charge is 2.75. The first-order valence-corrected chi connectivity index (χ1v) is 15.5. The summed E-state index contributed by atoms with van der Waals surface area (Å²) in [7, 11) is 0. The largest absolute Gasteiger partial charge is 0.506 e. The van der Waals surface area contributed by atoms with Crippen LogP contribution in [0.25, 0.3) is 5.76 Å². The zero-order chi connectivity index (χ0) is 33.4. The van der Waals surface area contributed by atoms with Crippen LogP contribution in [-0.4, -0.2) is 32.7 Å². The van der Waals surface area contributed by atoms with E-state index in [0.717, 1.165) is 22.8 Å². The number of aliphatic hydroxyl groups is 1. The highest BCUT2D eigenvalue weighted by molar-refractivity contribution is 6.42. The van der Waals surface area contributed by atoms with Crippen LogP contribution in [-0.2, 0) is 14.4 Å². The molecule has 0 radical (unpaired) electrons. The Kier molecular flexibility index (Phi) is 10.1. The molecule has 2 saturated carbocycles. The number of carbonyl (C=O) groups is 3. The zero-order valence-electron chi connectivity index (χ0n) is 27.9. The average Bonchev–Trinajstić information content (AvgIpc) is 2.91. The molecule has 6 nitrogen and oxygen atoms in total. The molecule has 44 heavy (non-hydrogen) atoms. The fraction of sp³-hybridized carbons (Fsp3) is 0.500. The van der Waals surface area contributed by atoms with Gasteiger partial charge in [0.1, 0.15) is 22.2 Å². The third kappa shape index (κ3) is 5.76. The van der Waals surface area contributed by atoms with E-state index in [9.17, 15) is 20.1 Å². The number of Topliss-reactive ketones (excluding diaryl/α,β-unsaturated/α-hetero) is 3. The molecule has 4 atom stereocenters. The Morgan fingerprint density at radius 3 is 2.02 bits per heavy atom. The topological polar surface area (TPSA) is 112 Å². The van der Waals surface area contributed by atoms with Crippen molar-refractivity contribution in [1.29, 1.82) is 0 Å². The third-order valence-electron chi connectivity index (χ3n) is 10.0. The van der Waals surface area contributed by atoms with E-state index in [1.165, 1.54) is 12.1 Å². The summed E-state index contributed by atoms with van der Waals surface area (Å²) >= 11 is 0. The monoisotopic (exact) mass is 602 g/mol. The number of fused-ring (bicyclic) bond motifs is 2. The molecule has 0 amide bonds. The van der Waals surface area contributed by atoms with E-state index in [1.807, 2.05) is 68.4 Å². The third-order valence-corrected chi connectivity index (χ3v) is 10.0. The van der Waals surface area contributed by atoms with Crippen molar-refractivity contribution in [3.05, 3.63) is 76.4 Å². The maximum atomic E-state index is 15.3. The molecule has 0 spiro atoms. The van der Waals surface area contributed by atoms with Crippen molar-refractivity contribution in [2.75, 3.05) is 0 Å². The van der Waals surface area contributed by atoms with Crippen molar-refractivity contribution in [1.82, 2.24) is 0 Å². The SMILES string of the molecule is C=C(C)[C@H](CCC=C(C)C)[C@@]12C[C@@H](CC=C(C)C)C(C)(C)[C@](CC=C(C)C)(C(=O)C(=C(O)c3ccc(O)c(O)c3)C1=O)C2=O. The predicted octanol–water partition coefficient (Wildman–Crippen LogP) is 8.76. The van der Waals surface area contributed by atoms with Crippen LogP contribution in [0, 0.1) is 28.1 Å². The zero-order valence-corrected chi connectivity index (χ0v) is 27.9. The first-order chi connectivity index (χ1) is 20.4. The Balaban J connectivity index is 2.52. The van der Waals surface area contributed by atoms with Crippen molar-refractivity contribution in [2.45, 2.75) is 94.4 Å². The van der Waals surface area contributed by atoms with Gasteiger partial charge in [0.25, 0.3) is 0 Å². The molecule has 1 aromatic rings. The summed E-state index contributed by atoms with van der Waals surface area (Å²) in [6.45, 7) is 21.8. The minimum absolute atomic E-state index is 0.00671. The van der Waals surface area contributed by atoms with Crippen LogP contribution < -0.4 is 0 Å². The van der Waals surface area contributed by atoms with E-state index < -0.39 is 56.6 Å². The Bertz CT molecular complexity index is 1490. The van der Waals surface area contributed by atoms with Crippen molar-refractivity contribution in [3.63, 3.8) is 0 Å². The fourth-order valence-corrected chi connectivity index (χ4v) is 7.39. The number of benzene rings is 1. The van der Waals surface area contributed by atoms with Gasteiger partial charge in [0.15, 0.2) is 28.8 Å². The lowest BCUT2D eigenvalue weighted by molar-refractivity contribution is -0.179. The highest BCUT2D eigenvalue weighted by Crippen LogP contribution is 2.67. The van der Waals surface area contributed by atoms with Gasteiger partial charge < -0.3 is 15.3 Å². The molecule has 1 aromatic carbocycles. The molecule has 3 rings (SSSR count). The molecule has 2 aliphatic carbocycles. The van der Waals surface area contributed by atoms with Gasteiger partial charge in [-0.05, 0) is 116 Å². The Hall–Kier alpha value is -3.67. The highest BCUT2D eigenvalue weighted by atomic mass is 16.3. The van der Waals surface area contributed by atoms with E-state index in [0.29, 0.717) is 24.8 Å². The van der Waals surface area contributed by atoms with E-state index >= 15 is 9.59 Å². The lowest BCUT2D eigenvalue weighted by atomic mass is 9.37. The van der Waals surface area contributed by atoms with E-state index in [4.69, 9.17) is 0 Å². The number of phenolic OH excluding ortho intramolecular Hbond substituents is 2. The number of hydrogen-bond acceptors (Lipinski definition) is 6. The summed E-state index contributed by atoms with van der Waals surface area (Å²) in [5, 5.41) is 31.8. The van der Waals surface area contributed by atoms with Gasteiger partial charge in [-0.1, -0.05) is 60.9 Å². The number of allylic oxidation sites excluding steroid dienone is 8. The van der Waals surface area contributed by atoms with Crippen LogP contribution in [0.4, 0.5) is 0 Å². The quantitative estimate of drug-likeness (QED) is 0.0616. The van der Waals surface area contributed by atoms with E-state index in [2.05, 4.69) is 18.7 Å². The standard InChI is InChI=1S/C38H50O6/c1-22(2)12-11-13-28(25(7)8)37-21-27(16-14-23(3)4)36(9,10)38(35(37)44,19-18-24(5)6)34(43)31(33(37)42)32(41)26-15-17-29(39)30(40)20-26/h12,14-15,17-18,20,27-28,39-41H,7,11,13,16,19,21H2,1-6,8-10H3/t27-,28+,37+,38-/m1/s1. The van der Waals surface area contributed by atoms with Gasteiger partial charge in [0.05, 0.1) is 0 Å². The Morgan fingerprint density at radius 1 is 0.909 bits per heavy atom. The molecule has 238 valence electrons. The predicted molar refractivity (Wildman–Crippen MR) is 176 cm³/mol. The second kappa shape index (κ2) is 12.7. The molecule has 2 aliphatic rings. The summed E-state index contributed by atoms with van der Waals surface area (Å²) in [5.41, 5.74) is -0.709. The van der Waals surface area contributed by atoms with Gasteiger partial charge in [-0.2, -0.15) is 0 Å². The molecule has 0 aliphatic heterocycles. The van der Waals surface area contributed by atoms with Gasteiger partial charge in [-0.15, -0.1) is 0 Å². The molecular formula is C38H50O6. The van der Waals surface area contributed by atoms with Gasteiger partial charge in [-0.3, -0.25) is 14.4 Å². The van der Waals surface area contributed by atoms with Crippen LogP contribution in [0.15, 0.2) is 70.9 Å². The Morgan fingerprint density at radius 2 is 1.50 bits per heavy atom. The van der Waals surface area contributed by atoms with Crippen LogP contribution in [0.1, 0.15) is 100.0 Å². The van der Waals surface area contributed by atoms with E-state index in [-0.39, 0.29) is 30.1 Å². The van der Waals surface area contributed by atoms with Crippen LogP contribution in [0.2, 0.25) is 0 Å². The molecular weight excluding hydrogens is 552 g/mol. The van der Waals surface area contributed by atoms with Gasteiger partial charge in [-0.25, -0.2) is 0 Å². The normalized spacial score (nSPS) is 26.0. The van der Waals surface area contributed by atoms with Crippen LogP contribution in [0.5, 0.6) is 11.5 Å². The number of hydrogen-bond donors (Lipinski definition) is 3. The summed E-state index contributed by atoms with van der Waals surface area (Å²) < 4.78 is 0. The minimum atomic E-state index is -1.64. The molecule has 2 fully saturated rings. The summed E-state index contributed by atoms with van der Waals surface area (Å²) in [6.07, 6.45) is 8.08. The average molecular weight is 603 g/mol. The lowest BCUT2D eigenvalue weighted by Gasteiger charge is -2.62. The number of carbonyl (C=O) groups excluding carboxylic acids is 3. The van der Waals surface area contributed by atoms with E-state index in [1.54, 1.807) is 0 Å². The maximum Gasteiger partial charge on any atom is 0.184 e. The van der Waals surface area contributed by atoms with Crippen LogP contribution >= 0.6 is 0 Å². The second-order valence-corrected chi connectivity index (χ2v) is 14.2. The number of rotatable bonds is 10. The maximum absolute atomic E-state index is 15.3. The van der Waals surface area contributed by atoms with Crippen LogP contribution in [0.3, 0.4) is 0 Å². The molecule has 2 bridgehead atoms. The summed E-state index contributed by atoms with van der Waals surface area (Å²) in [5.74, 6) is -4.03. The number of aromatic hydroxyl groups is 2. The molecule has 0 aromatic heterocycles. The smallest absolute Gasteiger partial charge is 0.184 e. The molecule has 0 saturated heterocycles. The van der Waals surface area contributed by atoms with Crippen molar-refractivity contribution < 1.29 is 29.7 Å². The first kappa shape index (κ1) is 34.8. The van der Waals surface area contributed by atoms with Crippen molar-refractivity contribution in [3.8, 4) is 11.5 Å². The summed E-state index contributed by atoms with van der Waals surface area (Å²) in [4.78, 5) is 45.3. The number of aliphatic hydroxyl groups excluding tert-OH is 1. The Labute approximate surface area is 263 Å². The van der Waals surface area contributed by atoms with Gasteiger partial charge >= 0.3 is 0 Å². The number of phenols is 2. The minimum Gasteiger partial charge on any atom is -0.506 e. The second-order valence-electron chi connectivity index (χ2n) is 14.2. The number of ketones is 3. The van der Waals surface area contributed by atoms with Gasteiger partial charge in [0.2, 0.25) is 0 Å². The first-order valence-electron chi connectivity index (χ1n) is 15.5. The molecule has 0 heterocycles. The van der Waals surface area contributed by atoms with Crippen molar-refractivity contribution in [2.24, 2.45) is 28.1 Å². The molecule has 6 heteroatoms. The molecule has 3 N–H and O–H groups in total. The summed E-state index contributed by atoms with van der Waals surface area (Å²) in [6, 6.07) is 3.65. The lowest BCUT2D eigenvalue weighted by Crippen LogP contribution is -2.71. The van der Waals surface area contributed by atoms with Gasteiger partial charge in [0, 0.05) is 5.56 Å². The fourth-order valence-electron chi connectivity index (χ4n) is 7.39. The molecule has 0 unspecified atom stereocenters.